The quantitative estimate of drug-likeness (QED) is 0.644. The van der Waals surface area contributed by atoms with Crippen molar-refractivity contribution >= 4 is 21.9 Å². The van der Waals surface area contributed by atoms with Gasteiger partial charge in [0, 0.05) is 19.6 Å². The highest BCUT2D eigenvalue weighted by molar-refractivity contribution is 7.89. The standard InChI is InChI=1S/C17H26N2O5S/c1-4-17(16(21)22,14-10-8-7-9-11-14)13-18-15(20)12-25(23,24)19(5-2)6-3/h7-11H,4-6,12-13H2,1-3H3,(H,18,20)(H,21,22). The van der Waals surface area contributed by atoms with Crippen LogP contribution in [0.4, 0.5) is 0 Å². The van der Waals surface area contributed by atoms with Gasteiger partial charge in [0.25, 0.3) is 0 Å². The number of hydrogen-bond acceptors (Lipinski definition) is 4. The van der Waals surface area contributed by atoms with E-state index in [4.69, 9.17) is 0 Å². The molecular weight excluding hydrogens is 344 g/mol. The normalized spacial score (nSPS) is 14.1. The molecule has 1 aromatic rings. The number of sulfonamides is 1. The fraction of sp³-hybridized carbons (Fsp3) is 0.529. The van der Waals surface area contributed by atoms with Crippen molar-refractivity contribution in [3.05, 3.63) is 35.9 Å². The molecule has 1 unspecified atom stereocenters. The lowest BCUT2D eigenvalue weighted by Gasteiger charge is -2.29. The van der Waals surface area contributed by atoms with E-state index in [1.165, 1.54) is 4.31 Å². The highest BCUT2D eigenvalue weighted by atomic mass is 32.2. The van der Waals surface area contributed by atoms with Crippen LogP contribution >= 0.6 is 0 Å². The molecule has 0 aliphatic heterocycles. The van der Waals surface area contributed by atoms with Gasteiger partial charge in [-0.05, 0) is 12.0 Å². The number of nitrogens with one attached hydrogen (secondary N) is 1. The molecule has 25 heavy (non-hydrogen) atoms. The van der Waals surface area contributed by atoms with Gasteiger partial charge in [0.05, 0.1) is 0 Å². The van der Waals surface area contributed by atoms with E-state index in [1.807, 2.05) is 0 Å². The Morgan fingerprint density at radius 2 is 1.68 bits per heavy atom. The molecular formula is C17H26N2O5S. The number of amides is 1. The van der Waals surface area contributed by atoms with E-state index in [2.05, 4.69) is 5.32 Å². The zero-order chi connectivity index (χ0) is 19.1. The zero-order valence-corrected chi connectivity index (χ0v) is 15.7. The topological polar surface area (TPSA) is 104 Å². The number of benzene rings is 1. The second-order valence-corrected chi connectivity index (χ2v) is 7.69. The number of carbonyl (C=O) groups is 2. The molecule has 7 nitrogen and oxygen atoms in total. The van der Waals surface area contributed by atoms with Gasteiger partial charge < -0.3 is 10.4 Å². The lowest BCUT2D eigenvalue weighted by Crippen LogP contribution is -2.48. The van der Waals surface area contributed by atoms with Crippen molar-refractivity contribution < 1.29 is 23.1 Å². The van der Waals surface area contributed by atoms with Crippen molar-refractivity contribution in [3.8, 4) is 0 Å². The van der Waals surface area contributed by atoms with Crippen LogP contribution in [-0.4, -0.2) is 55.1 Å². The molecule has 0 fully saturated rings. The van der Waals surface area contributed by atoms with Gasteiger partial charge in [0.15, 0.2) is 0 Å². The molecule has 0 bridgehead atoms. The maximum atomic E-state index is 12.1. The summed E-state index contributed by atoms with van der Waals surface area (Å²) < 4.78 is 25.5. The summed E-state index contributed by atoms with van der Waals surface area (Å²) in [6.45, 7) is 5.51. The summed E-state index contributed by atoms with van der Waals surface area (Å²) in [5, 5.41) is 12.2. The Bertz CT molecular complexity index is 686. The minimum atomic E-state index is -3.71. The van der Waals surface area contributed by atoms with Crippen LogP contribution in [0.1, 0.15) is 32.8 Å². The predicted octanol–water partition coefficient (Wildman–Crippen LogP) is 1.21. The number of carbonyl (C=O) groups excluding carboxylic acids is 1. The maximum Gasteiger partial charge on any atom is 0.315 e. The third-order valence-corrected chi connectivity index (χ3v) is 6.27. The summed E-state index contributed by atoms with van der Waals surface area (Å²) in [4.78, 5) is 24.0. The molecule has 8 heteroatoms. The van der Waals surface area contributed by atoms with Crippen molar-refractivity contribution in [3.63, 3.8) is 0 Å². The van der Waals surface area contributed by atoms with Crippen LogP contribution in [0.25, 0.3) is 0 Å². The van der Waals surface area contributed by atoms with E-state index < -0.39 is 33.1 Å². The third-order valence-electron chi connectivity index (χ3n) is 4.34. The predicted molar refractivity (Wildman–Crippen MR) is 95.8 cm³/mol. The number of rotatable bonds is 10. The minimum Gasteiger partial charge on any atom is -0.481 e. The molecule has 0 radical (unpaired) electrons. The Hall–Kier alpha value is -1.93. The number of hydrogen-bond donors (Lipinski definition) is 2. The van der Waals surface area contributed by atoms with Crippen molar-refractivity contribution in [2.45, 2.75) is 32.6 Å². The summed E-state index contributed by atoms with van der Waals surface area (Å²) in [7, 11) is -3.71. The van der Waals surface area contributed by atoms with Crippen LogP contribution in [0.15, 0.2) is 30.3 Å². The summed E-state index contributed by atoms with van der Waals surface area (Å²) >= 11 is 0. The van der Waals surface area contributed by atoms with Gasteiger partial charge in [-0.3, -0.25) is 9.59 Å². The number of aliphatic carboxylic acids is 1. The van der Waals surface area contributed by atoms with Gasteiger partial charge in [-0.1, -0.05) is 51.1 Å². The fourth-order valence-electron chi connectivity index (χ4n) is 2.71. The Morgan fingerprint density at radius 3 is 2.12 bits per heavy atom. The molecule has 2 N–H and O–H groups in total. The van der Waals surface area contributed by atoms with Gasteiger partial charge in [-0.15, -0.1) is 0 Å². The van der Waals surface area contributed by atoms with Crippen molar-refractivity contribution in [1.82, 2.24) is 9.62 Å². The SMILES string of the molecule is CCN(CC)S(=O)(=O)CC(=O)NCC(CC)(C(=O)O)c1ccccc1. The maximum absolute atomic E-state index is 12.1. The number of carboxylic acid groups (broad SMARTS) is 1. The van der Waals surface area contributed by atoms with Crippen molar-refractivity contribution in [2.24, 2.45) is 0 Å². The number of nitrogens with zero attached hydrogens (tertiary/aromatic N) is 1. The van der Waals surface area contributed by atoms with E-state index in [0.29, 0.717) is 5.56 Å². The fourth-order valence-corrected chi connectivity index (χ4v) is 4.12. The first-order chi connectivity index (χ1) is 11.7. The highest BCUT2D eigenvalue weighted by Crippen LogP contribution is 2.27. The molecule has 0 aliphatic carbocycles. The Balaban J connectivity index is 2.91. The largest absolute Gasteiger partial charge is 0.481 e. The average molecular weight is 370 g/mol. The summed E-state index contributed by atoms with van der Waals surface area (Å²) in [5.74, 6) is -2.46. The third kappa shape index (κ3) is 5.02. The van der Waals surface area contributed by atoms with Crippen molar-refractivity contribution in [2.75, 3.05) is 25.4 Å². The van der Waals surface area contributed by atoms with Crippen LogP contribution in [0.5, 0.6) is 0 Å². The average Bonchev–Trinajstić information content (AvgIpc) is 2.57. The van der Waals surface area contributed by atoms with Crippen LogP contribution < -0.4 is 5.32 Å². The van der Waals surface area contributed by atoms with E-state index >= 15 is 0 Å². The second-order valence-electron chi connectivity index (χ2n) is 5.72. The molecule has 0 spiro atoms. The van der Waals surface area contributed by atoms with Gasteiger partial charge in [-0.25, -0.2) is 12.7 Å². The van der Waals surface area contributed by atoms with E-state index in [1.54, 1.807) is 51.1 Å². The second kappa shape index (κ2) is 8.96. The number of carboxylic acids is 1. The minimum absolute atomic E-state index is 0.171. The first-order valence-corrected chi connectivity index (χ1v) is 9.87. The van der Waals surface area contributed by atoms with E-state index in [-0.39, 0.29) is 26.1 Å². The Kier molecular flexibility index (Phi) is 7.57. The van der Waals surface area contributed by atoms with Crippen LogP contribution in [0.3, 0.4) is 0 Å². The molecule has 0 heterocycles. The van der Waals surface area contributed by atoms with Crippen LogP contribution in [0, 0.1) is 0 Å². The molecule has 140 valence electrons. The first-order valence-electron chi connectivity index (χ1n) is 8.27. The molecule has 0 saturated carbocycles. The lowest BCUT2D eigenvalue weighted by atomic mass is 9.78. The Labute approximate surface area is 149 Å². The molecule has 0 aromatic heterocycles. The van der Waals surface area contributed by atoms with Crippen molar-refractivity contribution in [1.29, 1.82) is 0 Å². The summed E-state index contributed by atoms with van der Waals surface area (Å²) in [6, 6.07) is 8.62. The monoisotopic (exact) mass is 370 g/mol. The van der Waals surface area contributed by atoms with Gasteiger partial charge in [-0.2, -0.15) is 0 Å². The lowest BCUT2D eigenvalue weighted by molar-refractivity contribution is -0.144. The summed E-state index contributed by atoms with van der Waals surface area (Å²) in [6.07, 6.45) is 0.259. The van der Waals surface area contributed by atoms with E-state index in [0.717, 1.165) is 0 Å². The smallest absolute Gasteiger partial charge is 0.315 e. The Morgan fingerprint density at radius 1 is 1.12 bits per heavy atom. The molecule has 0 saturated heterocycles. The van der Waals surface area contributed by atoms with Crippen LogP contribution in [-0.2, 0) is 25.0 Å². The molecule has 1 amide bonds. The summed E-state index contributed by atoms with van der Waals surface area (Å²) in [5.41, 5.74) is -0.729. The first kappa shape index (κ1) is 21.1. The van der Waals surface area contributed by atoms with Gasteiger partial charge in [0.2, 0.25) is 15.9 Å². The highest BCUT2D eigenvalue weighted by Gasteiger charge is 2.39. The van der Waals surface area contributed by atoms with Crippen LogP contribution in [0.2, 0.25) is 0 Å². The van der Waals surface area contributed by atoms with Gasteiger partial charge in [0.1, 0.15) is 11.2 Å². The van der Waals surface area contributed by atoms with E-state index in [9.17, 15) is 23.1 Å². The zero-order valence-electron chi connectivity index (χ0n) is 14.9. The molecule has 1 atom stereocenters. The molecule has 0 aliphatic rings. The molecule has 1 rings (SSSR count). The molecule has 1 aromatic carbocycles. The van der Waals surface area contributed by atoms with Gasteiger partial charge >= 0.3 is 5.97 Å².